The zero-order valence-corrected chi connectivity index (χ0v) is 17.9. The fourth-order valence-corrected chi connectivity index (χ4v) is 3.18. The smallest absolute Gasteiger partial charge is 0.246 e. The van der Waals surface area contributed by atoms with Crippen LogP contribution < -0.4 is 0 Å². The van der Waals surface area contributed by atoms with Gasteiger partial charge in [0.2, 0.25) is 5.91 Å². The fourth-order valence-electron chi connectivity index (χ4n) is 3.18. The number of carbonyl (C=O) groups excluding carboxylic acids is 1. The summed E-state index contributed by atoms with van der Waals surface area (Å²) in [6.07, 6.45) is 5.30. The van der Waals surface area contributed by atoms with Crippen molar-refractivity contribution >= 4 is 5.91 Å². The minimum Gasteiger partial charge on any atom is -0.507 e. The third-order valence-electron chi connectivity index (χ3n) is 4.86. The van der Waals surface area contributed by atoms with Crippen LogP contribution in [-0.4, -0.2) is 20.8 Å². The number of unbranched alkanes of at least 4 members (excludes halogenated alkanes) is 2. The lowest BCUT2D eigenvalue weighted by Crippen LogP contribution is -2.17. The highest BCUT2D eigenvalue weighted by Crippen LogP contribution is 2.41. The Balaban J connectivity index is 2.46. The first-order chi connectivity index (χ1) is 12.4. The predicted octanol–water partition coefficient (Wildman–Crippen LogP) is 6.07. The summed E-state index contributed by atoms with van der Waals surface area (Å²) >= 11 is 0. The zero-order valence-electron chi connectivity index (χ0n) is 17.9. The first-order valence-electron chi connectivity index (χ1n) is 9.92. The highest BCUT2D eigenvalue weighted by molar-refractivity contribution is 5.79. The zero-order chi connectivity index (χ0) is 20.4. The van der Waals surface area contributed by atoms with E-state index in [4.69, 9.17) is 0 Å². The SMILES string of the molecule is CCCCCC(=O)n1ccc(-c2cc(C(C)(C)C)c(O)c(C(C)(C)C)c2)n1. The molecule has 148 valence electrons. The Hall–Kier alpha value is -2.10. The van der Waals surface area contributed by atoms with Crippen LogP contribution in [0.25, 0.3) is 11.3 Å². The van der Waals surface area contributed by atoms with Crippen LogP contribution in [0.15, 0.2) is 24.4 Å². The molecule has 0 atom stereocenters. The predicted molar refractivity (Wildman–Crippen MR) is 111 cm³/mol. The number of aromatic hydroxyl groups is 1. The van der Waals surface area contributed by atoms with Crippen LogP contribution in [0.3, 0.4) is 0 Å². The quantitative estimate of drug-likeness (QED) is 0.650. The summed E-state index contributed by atoms with van der Waals surface area (Å²) in [6.45, 7) is 14.7. The summed E-state index contributed by atoms with van der Waals surface area (Å²) in [5.41, 5.74) is 3.09. The Morgan fingerprint density at radius 2 is 1.59 bits per heavy atom. The summed E-state index contributed by atoms with van der Waals surface area (Å²) in [6, 6.07) is 5.88. The number of hydrogen-bond donors (Lipinski definition) is 1. The highest BCUT2D eigenvalue weighted by atomic mass is 16.3. The molecule has 0 bridgehead atoms. The van der Waals surface area contributed by atoms with E-state index in [9.17, 15) is 9.90 Å². The molecule has 0 amide bonds. The number of nitrogens with zero attached hydrogens (tertiary/aromatic N) is 2. The Labute approximate surface area is 163 Å². The van der Waals surface area contributed by atoms with E-state index in [0.29, 0.717) is 12.2 Å². The van der Waals surface area contributed by atoms with Crippen molar-refractivity contribution < 1.29 is 9.90 Å². The standard InChI is InChI=1S/C23H34N2O2/c1-8-9-10-11-20(26)25-13-12-19(24-25)16-14-17(22(2,3)4)21(27)18(15-16)23(5,6)7/h12-15,27H,8-11H2,1-7H3. The maximum absolute atomic E-state index is 12.3. The van der Waals surface area contributed by atoms with E-state index >= 15 is 0 Å². The first-order valence-corrected chi connectivity index (χ1v) is 9.92. The molecule has 0 spiro atoms. The summed E-state index contributed by atoms with van der Waals surface area (Å²) in [5, 5.41) is 15.4. The van der Waals surface area contributed by atoms with Crippen LogP contribution in [0.4, 0.5) is 0 Å². The van der Waals surface area contributed by atoms with E-state index in [0.717, 1.165) is 41.6 Å². The number of rotatable bonds is 5. The molecule has 0 aliphatic rings. The van der Waals surface area contributed by atoms with Crippen LogP contribution in [0.1, 0.15) is 90.1 Å². The van der Waals surface area contributed by atoms with E-state index < -0.39 is 0 Å². The average Bonchev–Trinajstić information content (AvgIpc) is 3.03. The van der Waals surface area contributed by atoms with Crippen molar-refractivity contribution in [3.8, 4) is 17.0 Å². The molecule has 4 heteroatoms. The molecule has 0 aliphatic carbocycles. The third kappa shape index (κ3) is 5.00. The normalized spacial score (nSPS) is 12.4. The topological polar surface area (TPSA) is 55.1 Å². The van der Waals surface area contributed by atoms with Gasteiger partial charge in [-0.2, -0.15) is 5.10 Å². The lowest BCUT2D eigenvalue weighted by Gasteiger charge is -2.28. The van der Waals surface area contributed by atoms with Crippen LogP contribution >= 0.6 is 0 Å². The van der Waals surface area contributed by atoms with E-state index in [1.807, 2.05) is 18.2 Å². The molecule has 1 aromatic carbocycles. The molecule has 1 N–H and O–H groups in total. The second kappa shape index (κ2) is 7.87. The van der Waals surface area contributed by atoms with Gasteiger partial charge in [0.05, 0.1) is 5.69 Å². The number of phenolic OH excluding ortho intramolecular Hbond substituents is 1. The molecule has 1 heterocycles. The van der Waals surface area contributed by atoms with Gasteiger partial charge in [-0.1, -0.05) is 61.3 Å². The Kier molecular flexibility index (Phi) is 6.18. The van der Waals surface area contributed by atoms with Crippen LogP contribution in [0.5, 0.6) is 5.75 Å². The molecule has 2 rings (SSSR count). The van der Waals surface area contributed by atoms with Crippen LogP contribution in [-0.2, 0) is 10.8 Å². The number of benzene rings is 1. The fraction of sp³-hybridized carbons (Fsp3) is 0.565. The number of phenols is 1. The van der Waals surface area contributed by atoms with E-state index in [-0.39, 0.29) is 16.7 Å². The molecular weight excluding hydrogens is 336 g/mol. The van der Waals surface area contributed by atoms with Gasteiger partial charge < -0.3 is 5.11 Å². The van der Waals surface area contributed by atoms with Crippen molar-refractivity contribution in [2.45, 2.75) is 85.0 Å². The van der Waals surface area contributed by atoms with Gasteiger partial charge in [0.15, 0.2) is 0 Å². The Bertz CT molecular complexity index is 770. The minimum absolute atomic E-state index is 0.0283. The van der Waals surface area contributed by atoms with Crippen molar-refractivity contribution in [1.82, 2.24) is 9.78 Å². The summed E-state index contributed by atoms with van der Waals surface area (Å²) in [7, 11) is 0. The summed E-state index contributed by atoms with van der Waals surface area (Å²) < 4.78 is 1.45. The lowest BCUT2D eigenvalue weighted by atomic mass is 9.78. The van der Waals surface area contributed by atoms with Crippen molar-refractivity contribution in [2.75, 3.05) is 0 Å². The van der Waals surface area contributed by atoms with Gasteiger partial charge in [-0.3, -0.25) is 4.79 Å². The van der Waals surface area contributed by atoms with Crippen LogP contribution in [0.2, 0.25) is 0 Å². The second-order valence-electron chi connectivity index (χ2n) is 9.42. The van der Waals surface area contributed by atoms with E-state index in [1.165, 1.54) is 4.68 Å². The van der Waals surface area contributed by atoms with Gasteiger partial charge in [-0.05, 0) is 35.4 Å². The van der Waals surface area contributed by atoms with Gasteiger partial charge >= 0.3 is 0 Å². The molecule has 0 saturated carbocycles. The number of hydrogen-bond acceptors (Lipinski definition) is 3. The highest BCUT2D eigenvalue weighted by Gasteiger charge is 2.27. The summed E-state index contributed by atoms with van der Waals surface area (Å²) in [5.74, 6) is 0.384. The van der Waals surface area contributed by atoms with E-state index in [1.54, 1.807) is 6.20 Å². The maximum Gasteiger partial charge on any atom is 0.246 e. The molecule has 0 aliphatic heterocycles. The maximum atomic E-state index is 12.3. The van der Waals surface area contributed by atoms with Gasteiger partial charge in [-0.25, -0.2) is 4.68 Å². The van der Waals surface area contributed by atoms with Gasteiger partial charge in [0, 0.05) is 29.3 Å². The number of aromatic nitrogens is 2. The van der Waals surface area contributed by atoms with Gasteiger partial charge in [0.25, 0.3) is 0 Å². The van der Waals surface area contributed by atoms with Crippen molar-refractivity contribution in [2.24, 2.45) is 0 Å². The molecule has 0 saturated heterocycles. The summed E-state index contributed by atoms with van der Waals surface area (Å²) in [4.78, 5) is 12.3. The van der Waals surface area contributed by atoms with Crippen molar-refractivity contribution in [1.29, 1.82) is 0 Å². The molecule has 0 fully saturated rings. The molecule has 4 nitrogen and oxygen atoms in total. The Morgan fingerprint density at radius 1 is 1.04 bits per heavy atom. The largest absolute Gasteiger partial charge is 0.507 e. The molecule has 0 unspecified atom stereocenters. The molecular formula is C23H34N2O2. The molecule has 27 heavy (non-hydrogen) atoms. The van der Waals surface area contributed by atoms with Crippen LogP contribution in [0, 0.1) is 0 Å². The average molecular weight is 371 g/mol. The number of carbonyl (C=O) groups is 1. The molecule has 2 aromatic rings. The Morgan fingerprint density at radius 3 is 2.07 bits per heavy atom. The monoisotopic (exact) mass is 370 g/mol. The van der Waals surface area contributed by atoms with Gasteiger partial charge in [0.1, 0.15) is 5.75 Å². The van der Waals surface area contributed by atoms with E-state index in [2.05, 4.69) is 53.6 Å². The molecule has 0 radical (unpaired) electrons. The molecule has 1 aromatic heterocycles. The second-order valence-corrected chi connectivity index (χ2v) is 9.42. The van der Waals surface area contributed by atoms with Crippen molar-refractivity contribution in [3.63, 3.8) is 0 Å². The first kappa shape index (κ1) is 21.2. The minimum atomic E-state index is -0.196. The van der Waals surface area contributed by atoms with Gasteiger partial charge in [-0.15, -0.1) is 0 Å². The van der Waals surface area contributed by atoms with Crippen molar-refractivity contribution in [3.05, 3.63) is 35.5 Å². The lowest BCUT2D eigenvalue weighted by molar-refractivity contribution is 0.0883. The third-order valence-corrected chi connectivity index (χ3v) is 4.86.